The van der Waals surface area contributed by atoms with E-state index in [1.165, 1.54) is 0 Å². The van der Waals surface area contributed by atoms with E-state index < -0.39 is 48.3 Å². The summed E-state index contributed by atoms with van der Waals surface area (Å²) < 4.78 is 64.7. The molecule has 2 aliphatic rings. The molecular weight excluding hydrogens is 483 g/mol. The summed E-state index contributed by atoms with van der Waals surface area (Å²) in [7, 11) is 0. The lowest BCUT2D eigenvalue weighted by Gasteiger charge is -2.33. The fraction of sp³-hybridized carbons (Fsp3) is 0.640. The lowest BCUT2D eigenvalue weighted by Crippen LogP contribution is -2.40. The molecule has 2 aromatic rings. The summed E-state index contributed by atoms with van der Waals surface area (Å²) in [5, 5.41) is 5.62. The molecule has 2 fully saturated rings. The highest BCUT2D eigenvalue weighted by Gasteiger charge is 2.47. The molecule has 3 N–H and O–H groups in total. The van der Waals surface area contributed by atoms with Gasteiger partial charge in [0.05, 0.1) is 29.5 Å². The SMILES string of the molecule is C[C@@H](NC(=O)CCC(F)(F)F)c1ccc2[nH]c([C@@H](NC(=O)C3(C)CC3)C3CCC(F)(F)CC3)nc2c1. The number of imidazole rings is 1. The molecule has 0 saturated heterocycles. The minimum Gasteiger partial charge on any atom is -0.350 e. The first kappa shape index (κ1) is 26.3. The molecule has 0 unspecified atom stereocenters. The molecule has 1 aromatic carbocycles. The maximum atomic E-state index is 13.8. The monoisotopic (exact) mass is 514 g/mol. The Labute approximate surface area is 205 Å². The van der Waals surface area contributed by atoms with Gasteiger partial charge in [-0.1, -0.05) is 13.0 Å². The average Bonchev–Trinajstić information content (AvgIpc) is 3.41. The zero-order chi connectivity index (χ0) is 26.3. The van der Waals surface area contributed by atoms with Crippen molar-refractivity contribution in [2.45, 2.75) is 89.4 Å². The minimum atomic E-state index is -4.40. The van der Waals surface area contributed by atoms with Crippen LogP contribution in [0.5, 0.6) is 0 Å². The Morgan fingerprint density at radius 3 is 2.42 bits per heavy atom. The van der Waals surface area contributed by atoms with Gasteiger partial charge in [0.15, 0.2) is 0 Å². The van der Waals surface area contributed by atoms with Crippen LogP contribution in [0.1, 0.15) is 88.7 Å². The number of H-pyrrole nitrogens is 1. The second-order valence-corrected chi connectivity index (χ2v) is 10.5. The molecule has 11 heteroatoms. The van der Waals surface area contributed by atoms with Gasteiger partial charge in [-0.15, -0.1) is 0 Å². The van der Waals surface area contributed by atoms with Gasteiger partial charge in [-0.25, -0.2) is 13.8 Å². The van der Waals surface area contributed by atoms with Crippen LogP contribution in [-0.4, -0.2) is 33.9 Å². The number of alkyl halides is 5. The third-order valence-electron chi connectivity index (χ3n) is 7.40. The lowest BCUT2D eigenvalue weighted by molar-refractivity contribution is -0.144. The first-order valence-corrected chi connectivity index (χ1v) is 12.3. The molecule has 2 atom stereocenters. The second kappa shape index (κ2) is 9.63. The van der Waals surface area contributed by atoms with E-state index in [9.17, 15) is 31.5 Å². The van der Waals surface area contributed by atoms with Gasteiger partial charge in [0, 0.05) is 24.7 Å². The largest absolute Gasteiger partial charge is 0.389 e. The summed E-state index contributed by atoms with van der Waals surface area (Å²) >= 11 is 0. The van der Waals surface area contributed by atoms with Crippen LogP contribution < -0.4 is 10.6 Å². The third-order valence-corrected chi connectivity index (χ3v) is 7.40. The van der Waals surface area contributed by atoms with Crippen molar-refractivity contribution in [1.82, 2.24) is 20.6 Å². The van der Waals surface area contributed by atoms with Gasteiger partial charge in [-0.3, -0.25) is 9.59 Å². The molecule has 2 aliphatic carbocycles. The van der Waals surface area contributed by atoms with Crippen LogP contribution in [0.2, 0.25) is 0 Å². The number of halogens is 5. The number of fused-ring (bicyclic) bond motifs is 1. The highest BCUT2D eigenvalue weighted by Crippen LogP contribution is 2.47. The second-order valence-electron chi connectivity index (χ2n) is 10.5. The van der Waals surface area contributed by atoms with E-state index in [1.807, 2.05) is 6.92 Å². The zero-order valence-corrected chi connectivity index (χ0v) is 20.3. The molecule has 0 aliphatic heterocycles. The van der Waals surface area contributed by atoms with E-state index >= 15 is 0 Å². The fourth-order valence-electron chi connectivity index (χ4n) is 4.65. The van der Waals surface area contributed by atoms with Crippen LogP contribution in [0.4, 0.5) is 22.0 Å². The van der Waals surface area contributed by atoms with Crippen molar-refractivity contribution in [2.75, 3.05) is 0 Å². The van der Waals surface area contributed by atoms with Gasteiger partial charge in [-0.2, -0.15) is 13.2 Å². The van der Waals surface area contributed by atoms with Gasteiger partial charge in [-0.05, 0) is 56.2 Å². The normalized spacial score (nSPS) is 21.1. The van der Waals surface area contributed by atoms with Crippen LogP contribution in [0.15, 0.2) is 18.2 Å². The number of nitrogens with one attached hydrogen (secondary N) is 3. The number of carbonyl (C=O) groups is 2. The Hall–Kier alpha value is -2.72. The maximum absolute atomic E-state index is 13.8. The number of hydrogen-bond acceptors (Lipinski definition) is 3. The minimum absolute atomic E-state index is 0.110. The summed E-state index contributed by atoms with van der Waals surface area (Å²) in [6.07, 6.45) is -4.63. The molecule has 0 bridgehead atoms. The van der Waals surface area contributed by atoms with Crippen molar-refractivity contribution >= 4 is 22.8 Å². The van der Waals surface area contributed by atoms with Gasteiger partial charge < -0.3 is 15.6 Å². The first-order chi connectivity index (χ1) is 16.7. The predicted molar refractivity (Wildman–Crippen MR) is 123 cm³/mol. The summed E-state index contributed by atoms with van der Waals surface area (Å²) in [6, 6.07) is 4.12. The molecular formula is C25H31F5N4O2. The number of amides is 2. The Bertz CT molecular complexity index is 1120. The van der Waals surface area contributed by atoms with Crippen LogP contribution >= 0.6 is 0 Å². The molecule has 2 saturated carbocycles. The van der Waals surface area contributed by atoms with Crippen molar-refractivity contribution in [3.8, 4) is 0 Å². The van der Waals surface area contributed by atoms with Crippen molar-refractivity contribution in [2.24, 2.45) is 11.3 Å². The van der Waals surface area contributed by atoms with E-state index in [0.29, 0.717) is 22.4 Å². The number of aromatic amines is 1. The molecule has 198 valence electrons. The van der Waals surface area contributed by atoms with Gasteiger partial charge in [0.1, 0.15) is 5.82 Å². The highest BCUT2D eigenvalue weighted by atomic mass is 19.4. The quantitative estimate of drug-likeness (QED) is 0.386. The number of rotatable bonds is 8. The number of hydrogen-bond donors (Lipinski definition) is 3. The average molecular weight is 515 g/mol. The summed E-state index contributed by atoms with van der Waals surface area (Å²) in [4.78, 5) is 32.6. The number of carbonyl (C=O) groups excluding carboxylic acids is 2. The Balaban J connectivity index is 1.52. The molecule has 2 amide bonds. The Morgan fingerprint density at radius 2 is 1.81 bits per heavy atom. The molecule has 36 heavy (non-hydrogen) atoms. The van der Waals surface area contributed by atoms with Crippen LogP contribution in [0.3, 0.4) is 0 Å². The van der Waals surface area contributed by atoms with Gasteiger partial charge in [0.25, 0.3) is 0 Å². The summed E-state index contributed by atoms with van der Waals surface area (Å²) in [5.74, 6) is -3.22. The van der Waals surface area contributed by atoms with E-state index in [-0.39, 0.29) is 37.5 Å². The van der Waals surface area contributed by atoms with Crippen molar-refractivity contribution in [3.63, 3.8) is 0 Å². The summed E-state index contributed by atoms with van der Waals surface area (Å²) in [5.41, 5.74) is 1.44. The molecule has 0 spiro atoms. The van der Waals surface area contributed by atoms with Crippen molar-refractivity contribution in [3.05, 3.63) is 29.6 Å². The molecule has 6 nitrogen and oxygen atoms in total. The Kier molecular flexibility index (Phi) is 7.04. The van der Waals surface area contributed by atoms with Crippen LogP contribution in [-0.2, 0) is 9.59 Å². The number of nitrogens with zero attached hydrogens (tertiary/aromatic N) is 1. The fourth-order valence-corrected chi connectivity index (χ4v) is 4.65. The van der Waals surface area contributed by atoms with Crippen molar-refractivity contribution in [1.29, 1.82) is 0 Å². The van der Waals surface area contributed by atoms with E-state index in [4.69, 9.17) is 0 Å². The smallest absolute Gasteiger partial charge is 0.350 e. The third kappa shape index (κ3) is 6.34. The molecule has 1 aromatic heterocycles. The topological polar surface area (TPSA) is 86.9 Å². The van der Waals surface area contributed by atoms with Crippen LogP contribution in [0.25, 0.3) is 11.0 Å². The van der Waals surface area contributed by atoms with Crippen LogP contribution in [0, 0.1) is 11.3 Å². The molecule has 4 rings (SSSR count). The zero-order valence-electron chi connectivity index (χ0n) is 20.3. The van der Waals surface area contributed by atoms with Crippen molar-refractivity contribution < 1.29 is 31.5 Å². The van der Waals surface area contributed by atoms with E-state index in [1.54, 1.807) is 25.1 Å². The Morgan fingerprint density at radius 1 is 1.14 bits per heavy atom. The predicted octanol–water partition coefficient (Wildman–Crippen LogP) is 5.87. The lowest BCUT2D eigenvalue weighted by atomic mass is 9.81. The first-order valence-electron chi connectivity index (χ1n) is 12.3. The van der Waals surface area contributed by atoms with Gasteiger partial charge >= 0.3 is 6.18 Å². The van der Waals surface area contributed by atoms with Gasteiger partial charge in [0.2, 0.25) is 17.7 Å². The van der Waals surface area contributed by atoms with E-state index in [0.717, 1.165) is 12.8 Å². The highest BCUT2D eigenvalue weighted by molar-refractivity contribution is 5.85. The molecule has 1 heterocycles. The summed E-state index contributed by atoms with van der Waals surface area (Å²) in [6.45, 7) is 3.55. The van der Waals surface area contributed by atoms with E-state index in [2.05, 4.69) is 20.6 Å². The molecule has 0 radical (unpaired) electrons. The standard InChI is InChI=1S/C25H31F5N4O2/c1-14(31-19(35)7-10-25(28,29)30)16-3-4-17-18(13-16)33-21(32-17)20(34-22(36)23(2)11-12-23)15-5-8-24(26,27)9-6-15/h3-4,13-15,20H,5-12H2,1-2H3,(H,31,35)(H,32,33)(H,34,36)/t14-,20+/m1/s1. The maximum Gasteiger partial charge on any atom is 0.389 e. The number of aromatic nitrogens is 2. The number of benzene rings is 1.